The second-order valence-corrected chi connectivity index (χ2v) is 2.50. The first-order chi connectivity index (χ1) is 6.76. The van der Waals surface area contributed by atoms with E-state index >= 15 is 0 Å². The maximum absolute atomic E-state index is 10.7. The zero-order chi connectivity index (χ0) is 10.4. The summed E-state index contributed by atoms with van der Waals surface area (Å²) in [6.07, 6.45) is 1.52. The van der Waals surface area contributed by atoms with Crippen molar-refractivity contribution in [3.05, 3.63) is 24.3 Å². The van der Waals surface area contributed by atoms with E-state index in [1.54, 1.807) is 24.3 Å². The van der Waals surface area contributed by atoms with Crippen LogP contribution < -0.4 is 10.6 Å². The summed E-state index contributed by atoms with van der Waals surface area (Å²) in [6, 6.07) is 6.33. The summed E-state index contributed by atoms with van der Waals surface area (Å²) >= 11 is 0. The van der Waals surface area contributed by atoms with Gasteiger partial charge < -0.3 is 10.6 Å². The molecule has 14 heavy (non-hydrogen) atoms. The zero-order valence-electron chi connectivity index (χ0n) is 7.24. The van der Waals surface area contributed by atoms with Crippen LogP contribution in [-0.4, -0.2) is 18.9 Å². The highest BCUT2D eigenvalue weighted by molar-refractivity contribution is 5.91. The van der Waals surface area contributed by atoms with Gasteiger partial charge >= 0.3 is 6.41 Å². The first-order valence-electron chi connectivity index (χ1n) is 3.87. The number of carbonyl (C=O) groups excluding carboxylic acids is 2. The van der Waals surface area contributed by atoms with E-state index in [1.807, 2.05) is 0 Å². The molecule has 1 aromatic carbocycles. The third kappa shape index (κ3) is 2.87. The van der Waals surface area contributed by atoms with Gasteiger partial charge in [-0.3, -0.25) is 9.59 Å². The van der Waals surface area contributed by atoms with Crippen molar-refractivity contribution >= 4 is 23.7 Å². The van der Waals surface area contributed by atoms with E-state index in [0.717, 1.165) is 0 Å². The van der Waals surface area contributed by atoms with Crippen molar-refractivity contribution in [1.82, 2.24) is 0 Å². The Morgan fingerprint density at radius 3 is 2.29 bits per heavy atom. The SMILES string of the molecule is [O]CC(=O)Nc1ccc(N[C]=O)cc1. The summed E-state index contributed by atoms with van der Waals surface area (Å²) in [7, 11) is 0. The molecule has 0 aliphatic heterocycles. The quantitative estimate of drug-likeness (QED) is 0.682. The van der Waals surface area contributed by atoms with Gasteiger partial charge in [0.15, 0.2) is 6.61 Å². The van der Waals surface area contributed by atoms with Crippen LogP contribution in [0.4, 0.5) is 11.4 Å². The van der Waals surface area contributed by atoms with Gasteiger partial charge in [0, 0.05) is 11.4 Å². The Hall–Kier alpha value is -1.88. The molecule has 5 nitrogen and oxygen atoms in total. The number of hydrogen-bond acceptors (Lipinski definition) is 2. The largest absolute Gasteiger partial charge is 0.324 e. The number of anilines is 2. The Kier molecular flexibility index (Phi) is 3.63. The lowest BCUT2D eigenvalue weighted by atomic mass is 10.3. The normalized spacial score (nSPS) is 9.21. The van der Waals surface area contributed by atoms with Crippen LogP contribution >= 0.6 is 0 Å². The van der Waals surface area contributed by atoms with Crippen molar-refractivity contribution in [1.29, 1.82) is 0 Å². The standard InChI is InChI=1S/C9H8N2O3/c12-5-9(14)11-8-3-1-7(2-4-8)10-6-13/h1-4H,5H2,(H,10,13)(H,11,14). The number of amides is 2. The van der Waals surface area contributed by atoms with Gasteiger partial charge in [0.1, 0.15) is 0 Å². The molecule has 0 aromatic heterocycles. The lowest BCUT2D eigenvalue weighted by Gasteiger charge is -2.03. The summed E-state index contributed by atoms with van der Waals surface area (Å²) in [5.74, 6) is -0.590. The van der Waals surface area contributed by atoms with Gasteiger partial charge in [-0.15, -0.1) is 0 Å². The molecule has 1 rings (SSSR count). The van der Waals surface area contributed by atoms with Crippen LogP contribution in [0.15, 0.2) is 24.3 Å². The van der Waals surface area contributed by atoms with Crippen LogP contribution in [0.2, 0.25) is 0 Å². The summed E-state index contributed by atoms with van der Waals surface area (Å²) in [5.41, 5.74) is 1.09. The molecule has 0 bridgehead atoms. The van der Waals surface area contributed by atoms with E-state index in [0.29, 0.717) is 11.4 Å². The molecular weight excluding hydrogens is 184 g/mol. The molecule has 5 heteroatoms. The van der Waals surface area contributed by atoms with Gasteiger partial charge in [0.2, 0.25) is 0 Å². The lowest BCUT2D eigenvalue weighted by molar-refractivity contribution is -0.120. The Balaban J connectivity index is 2.63. The third-order valence-electron chi connectivity index (χ3n) is 1.50. The average Bonchev–Trinajstić information content (AvgIpc) is 2.21. The van der Waals surface area contributed by atoms with Crippen LogP contribution in [0.1, 0.15) is 0 Å². The average molecular weight is 192 g/mol. The van der Waals surface area contributed by atoms with Crippen molar-refractivity contribution < 1.29 is 14.7 Å². The summed E-state index contributed by atoms with van der Waals surface area (Å²) < 4.78 is 0. The molecule has 0 saturated heterocycles. The molecule has 0 spiro atoms. The molecule has 0 heterocycles. The monoisotopic (exact) mass is 192 g/mol. The van der Waals surface area contributed by atoms with Crippen LogP contribution in [0.3, 0.4) is 0 Å². The summed E-state index contributed by atoms with van der Waals surface area (Å²) in [4.78, 5) is 20.6. The van der Waals surface area contributed by atoms with E-state index in [2.05, 4.69) is 10.6 Å². The topological polar surface area (TPSA) is 78.1 Å². The maximum atomic E-state index is 10.7. The second-order valence-electron chi connectivity index (χ2n) is 2.50. The second kappa shape index (κ2) is 4.98. The molecule has 0 fully saturated rings. The molecule has 0 saturated carbocycles. The van der Waals surface area contributed by atoms with Crippen LogP contribution in [0, 0.1) is 0 Å². The van der Waals surface area contributed by atoms with E-state index < -0.39 is 12.5 Å². The molecule has 1 aromatic rings. The summed E-state index contributed by atoms with van der Waals surface area (Å²) in [5, 5.41) is 14.8. The van der Waals surface area contributed by atoms with Crippen LogP contribution in [0.5, 0.6) is 0 Å². The first kappa shape index (κ1) is 10.2. The maximum Gasteiger partial charge on any atom is 0.314 e. The minimum Gasteiger partial charge on any atom is -0.324 e. The number of carbonyl (C=O) groups is 1. The molecular formula is C9H8N2O3. The number of nitrogens with one attached hydrogen (secondary N) is 2. The van der Waals surface area contributed by atoms with Crippen LogP contribution in [-0.2, 0) is 14.7 Å². The Bertz CT molecular complexity index is 321. The van der Waals surface area contributed by atoms with Gasteiger partial charge in [0.05, 0.1) is 0 Å². The molecule has 2 amide bonds. The van der Waals surface area contributed by atoms with Gasteiger partial charge in [-0.25, -0.2) is 5.11 Å². The van der Waals surface area contributed by atoms with Crippen molar-refractivity contribution in [2.24, 2.45) is 0 Å². The first-order valence-corrected chi connectivity index (χ1v) is 3.87. The zero-order valence-corrected chi connectivity index (χ0v) is 7.24. The molecule has 0 atom stereocenters. The Morgan fingerprint density at radius 1 is 1.21 bits per heavy atom. The van der Waals surface area contributed by atoms with Gasteiger partial charge in [-0.2, -0.15) is 0 Å². The van der Waals surface area contributed by atoms with Gasteiger partial charge in [0.25, 0.3) is 5.91 Å². The predicted octanol–water partition coefficient (Wildman–Crippen LogP) is 0.535. The molecule has 2 radical (unpaired) electrons. The Morgan fingerprint density at radius 2 is 1.79 bits per heavy atom. The highest BCUT2D eigenvalue weighted by atomic mass is 16.3. The van der Waals surface area contributed by atoms with Gasteiger partial charge in [-0.05, 0) is 24.3 Å². The lowest BCUT2D eigenvalue weighted by Crippen LogP contribution is -2.14. The van der Waals surface area contributed by atoms with Crippen molar-refractivity contribution in [3.63, 3.8) is 0 Å². The number of hydrogen-bond donors (Lipinski definition) is 2. The predicted molar refractivity (Wildman–Crippen MR) is 49.9 cm³/mol. The molecule has 72 valence electrons. The minimum atomic E-state index is -0.803. The molecule has 0 aliphatic rings. The smallest absolute Gasteiger partial charge is 0.314 e. The van der Waals surface area contributed by atoms with Crippen molar-refractivity contribution in [2.75, 3.05) is 17.2 Å². The third-order valence-corrected chi connectivity index (χ3v) is 1.50. The highest BCUT2D eigenvalue weighted by Gasteiger charge is 1.99. The van der Waals surface area contributed by atoms with E-state index in [-0.39, 0.29) is 0 Å². The fraction of sp³-hybridized carbons (Fsp3) is 0.111. The van der Waals surface area contributed by atoms with Crippen molar-refractivity contribution in [3.8, 4) is 0 Å². The Labute approximate surface area is 80.7 Å². The highest BCUT2D eigenvalue weighted by Crippen LogP contribution is 2.12. The number of benzene rings is 1. The van der Waals surface area contributed by atoms with E-state index in [4.69, 9.17) is 0 Å². The van der Waals surface area contributed by atoms with E-state index in [9.17, 15) is 14.7 Å². The van der Waals surface area contributed by atoms with E-state index in [1.165, 1.54) is 6.41 Å². The minimum absolute atomic E-state index is 0.516. The number of rotatable bonds is 4. The van der Waals surface area contributed by atoms with Crippen LogP contribution in [0.25, 0.3) is 0 Å². The summed E-state index contributed by atoms with van der Waals surface area (Å²) in [6.45, 7) is -0.803. The fourth-order valence-corrected chi connectivity index (χ4v) is 0.893. The molecule has 0 unspecified atom stereocenters. The van der Waals surface area contributed by atoms with Crippen molar-refractivity contribution in [2.45, 2.75) is 0 Å². The molecule has 0 aliphatic carbocycles. The fourth-order valence-electron chi connectivity index (χ4n) is 0.893. The van der Waals surface area contributed by atoms with Gasteiger partial charge in [-0.1, -0.05) is 0 Å². The molecule has 2 N–H and O–H groups in total.